The van der Waals surface area contributed by atoms with Gasteiger partial charge in [-0.25, -0.2) is 4.39 Å². The Kier molecular flexibility index (Phi) is 7.24. The van der Waals surface area contributed by atoms with E-state index in [1.54, 1.807) is 0 Å². The first-order valence-corrected chi connectivity index (χ1v) is 12.3. The van der Waals surface area contributed by atoms with Crippen molar-refractivity contribution in [3.63, 3.8) is 0 Å². The molecule has 35 heavy (non-hydrogen) atoms. The number of alkyl halides is 3. The monoisotopic (exact) mass is 555 g/mol. The maximum atomic E-state index is 14.9. The number of benzene rings is 2. The number of nitrogens with zero attached hydrogens (tertiary/aromatic N) is 1. The van der Waals surface area contributed by atoms with E-state index >= 15 is 0 Å². The fourth-order valence-electron chi connectivity index (χ4n) is 4.88. The van der Waals surface area contributed by atoms with E-state index in [-0.39, 0.29) is 18.0 Å². The molecule has 0 spiro atoms. The van der Waals surface area contributed by atoms with Gasteiger partial charge in [0.15, 0.2) is 0 Å². The fourth-order valence-corrected chi connectivity index (χ4v) is 5.14. The number of piperidine rings is 1. The van der Waals surface area contributed by atoms with Gasteiger partial charge in [0.1, 0.15) is 11.9 Å². The minimum atomic E-state index is -4.69. The molecule has 1 aliphatic carbocycles. The van der Waals surface area contributed by atoms with Crippen LogP contribution >= 0.6 is 15.9 Å². The summed E-state index contributed by atoms with van der Waals surface area (Å²) in [4.78, 5) is 28.2. The summed E-state index contributed by atoms with van der Waals surface area (Å²) < 4.78 is 55.0. The second-order valence-corrected chi connectivity index (χ2v) is 10.1. The lowest BCUT2D eigenvalue weighted by atomic mass is 9.89. The minimum absolute atomic E-state index is 0.0682. The van der Waals surface area contributed by atoms with Gasteiger partial charge in [-0.3, -0.25) is 9.59 Å². The van der Waals surface area contributed by atoms with Crippen molar-refractivity contribution in [3.8, 4) is 0 Å². The van der Waals surface area contributed by atoms with Crippen LogP contribution in [-0.2, 0) is 27.6 Å². The lowest BCUT2D eigenvalue weighted by Crippen LogP contribution is -2.58. The normalized spacial score (nSPS) is 18.7. The molecule has 0 aromatic heterocycles. The van der Waals surface area contributed by atoms with Crippen LogP contribution in [0.5, 0.6) is 0 Å². The SMILES string of the molecule is NC(=O)[C@H](Cc1ccc(Br)cc1)N(C(=O)C1(c2ccc(C(F)(F)F)cc2F)CC1)C1CCNCC1. The second kappa shape index (κ2) is 9.89. The number of carbonyl (C=O) groups is 2. The zero-order valence-electron chi connectivity index (χ0n) is 18.9. The Labute approximate surface area is 209 Å². The molecule has 10 heteroatoms. The molecule has 2 fully saturated rings. The van der Waals surface area contributed by atoms with Gasteiger partial charge >= 0.3 is 6.18 Å². The number of rotatable bonds is 7. The highest BCUT2D eigenvalue weighted by Crippen LogP contribution is 2.52. The molecule has 0 radical (unpaired) electrons. The number of primary amides is 1. The molecule has 4 rings (SSSR count). The highest BCUT2D eigenvalue weighted by Gasteiger charge is 2.57. The highest BCUT2D eigenvalue weighted by atomic mass is 79.9. The van der Waals surface area contributed by atoms with Crippen molar-refractivity contribution in [2.45, 2.75) is 55.8 Å². The first kappa shape index (κ1) is 25.6. The molecule has 1 saturated heterocycles. The summed E-state index contributed by atoms with van der Waals surface area (Å²) in [6.45, 7) is 1.28. The lowest BCUT2D eigenvalue weighted by Gasteiger charge is -2.41. The van der Waals surface area contributed by atoms with E-state index < -0.39 is 40.8 Å². The molecule has 188 valence electrons. The van der Waals surface area contributed by atoms with Crippen LogP contribution in [0, 0.1) is 5.82 Å². The van der Waals surface area contributed by atoms with E-state index in [1.807, 2.05) is 24.3 Å². The maximum Gasteiger partial charge on any atom is 0.416 e. The van der Waals surface area contributed by atoms with Crippen LogP contribution in [0.1, 0.15) is 42.4 Å². The molecular formula is C25H26BrF4N3O2. The summed E-state index contributed by atoms with van der Waals surface area (Å²) in [6.07, 6.45) is -2.76. The van der Waals surface area contributed by atoms with E-state index in [0.717, 1.165) is 22.2 Å². The summed E-state index contributed by atoms with van der Waals surface area (Å²) in [5.41, 5.74) is 4.13. The molecule has 1 aliphatic heterocycles. The van der Waals surface area contributed by atoms with E-state index in [1.165, 1.54) is 4.90 Å². The molecular weight excluding hydrogens is 530 g/mol. The molecule has 2 aromatic rings. The minimum Gasteiger partial charge on any atom is -0.368 e. The molecule has 1 heterocycles. The molecule has 0 bridgehead atoms. The van der Waals surface area contributed by atoms with Crippen LogP contribution in [-0.4, -0.2) is 41.9 Å². The molecule has 2 amide bonds. The molecule has 3 N–H and O–H groups in total. The van der Waals surface area contributed by atoms with Crippen molar-refractivity contribution < 1.29 is 27.2 Å². The topological polar surface area (TPSA) is 75.4 Å². The third-order valence-electron chi connectivity index (χ3n) is 6.91. The molecule has 2 aliphatic rings. The van der Waals surface area contributed by atoms with Gasteiger partial charge < -0.3 is 16.0 Å². The average Bonchev–Trinajstić information content (AvgIpc) is 3.61. The number of carbonyl (C=O) groups excluding carboxylic acids is 2. The number of nitrogens with one attached hydrogen (secondary N) is 1. The van der Waals surface area contributed by atoms with Crippen molar-refractivity contribution >= 4 is 27.7 Å². The van der Waals surface area contributed by atoms with Crippen molar-refractivity contribution in [3.05, 3.63) is 69.4 Å². The summed E-state index contributed by atoms with van der Waals surface area (Å²) in [6, 6.07) is 8.32. The summed E-state index contributed by atoms with van der Waals surface area (Å²) in [5.74, 6) is -2.20. The third kappa shape index (κ3) is 5.38. The quantitative estimate of drug-likeness (QED) is 0.500. The first-order chi connectivity index (χ1) is 16.5. The fraction of sp³-hybridized carbons (Fsp3) is 0.440. The van der Waals surface area contributed by atoms with Crippen LogP contribution in [0.3, 0.4) is 0 Å². The Morgan fingerprint density at radius 3 is 2.26 bits per heavy atom. The van der Waals surface area contributed by atoms with E-state index in [0.29, 0.717) is 44.8 Å². The number of hydrogen-bond acceptors (Lipinski definition) is 3. The number of halogens is 5. The van der Waals surface area contributed by atoms with E-state index in [4.69, 9.17) is 5.73 Å². The zero-order chi connectivity index (χ0) is 25.4. The van der Waals surface area contributed by atoms with Gasteiger partial charge in [-0.05, 0) is 68.6 Å². The Morgan fingerprint density at radius 2 is 1.74 bits per heavy atom. The van der Waals surface area contributed by atoms with Crippen LogP contribution in [0.2, 0.25) is 0 Å². The van der Waals surface area contributed by atoms with Gasteiger partial charge in [-0.1, -0.05) is 34.1 Å². The van der Waals surface area contributed by atoms with E-state index in [9.17, 15) is 27.2 Å². The summed E-state index contributed by atoms with van der Waals surface area (Å²) >= 11 is 3.37. The number of hydrogen-bond donors (Lipinski definition) is 2. The van der Waals surface area contributed by atoms with Crippen LogP contribution in [0.15, 0.2) is 46.9 Å². The Morgan fingerprint density at radius 1 is 1.11 bits per heavy atom. The van der Waals surface area contributed by atoms with Crippen LogP contribution in [0.25, 0.3) is 0 Å². The van der Waals surface area contributed by atoms with Gasteiger partial charge in [0.25, 0.3) is 0 Å². The Hall–Kier alpha value is -2.46. The molecule has 1 atom stereocenters. The first-order valence-electron chi connectivity index (χ1n) is 11.5. The summed E-state index contributed by atoms with van der Waals surface area (Å²) in [7, 11) is 0. The number of nitrogens with two attached hydrogens (primary N) is 1. The predicted molar refractivity (Wildman–Crippen MR) is 126 cm³/mol. The highest BCUT2D eigenvalue weighted by molar-refractivity contribution is 9.10. The van der Waals surface area contributed by atoms with Gasteiger partial charge in [-0.15, -0.1) is 0 Å². The Balaban J connectivity index is 1.71. The Bertz CT molecular complexity index is 1100. The third-order valence-corrected chi connectivity index (χ3v) is 7.44. The largest absolute Gasteiger partial charge is 0.416 e. The van der Waals surface area contributed by atoms with Gasteiger partial charge in [0.2, 0.25) is 11.8 Å². The van der Waals surface area contributed by atoms with Gasteiger partial charge in [-0.2, -0.15) is 13.2 Å². The molecule has 1 saturated carbocycles. The van der Waals surface area contributed by atoms with Crippen molar-refractivity contribution in [2.75, 3.05) is 13.1 Å². The lowest BCUT2D eigenvalue weighted by molar-refractivity contribution is -0.145. The smallest absolute Gasteiger partial charge is 0.368 e. The van der Waals surface area contributed by atoms with Gasteiger partial charge in [0, 0.05) is 22.5 Å². The molecule has 2 aromatic carbocycles. The van der Waals surface area contributed by atoms with Crippen molar-refractivity contribution in [2.24, 2.45) is 5.73 Å². The summed E-state index contributed by atoms with van der Waals surface area (Å²) in [5, 5.41) is 3.22. The number of amides is 2. The second-order valence-electron chi connectivity index (χ2n) is 9.22. The van der Waals surface area contributed by atoms with Crippen LogP contribution in [0.4, 0.5) is 17.6 Å². The van der Waals surface area contributed by atoms with Crippen molar-refractivity contribution in [1.29, 1.82) is 0 Å². The zero-order valence-corrected chi connectivity index (χ0v) is 20.5. The molecule has 5 nitrogen and oxygen atoms in total. The van der Waals surface area contributed by atoms with Gasteiger partial charge in [0.05, 0.1) is 11.0 Å². The predicted octanol–water partition coefficient (Wildman–Crippen LogP) is 4.32. The molecule has 0 unspecified atom stereocenters. The van der Waals surface area contributed by atoms with E-state index in [2.05, 4.69) is 21.2 Å². The standard InChI is InChI=1S/C25H26BrF4N3O2/c26-17-4-1-15(2-5-17)13-21(22(31)34)33(18-7-11-32-12-8-18)23(35)24(9-10-24)19-6-3-16(14-20(19)27)25(28,29)30/h1-6,14,18,21,32H,7-13H2,(H2,31,34)/t21-/m0/s1. The average molecular weight is 556 g/mol. The van der Waals surface area contributed by atoms with Crippen molar-refractivity contribution in [1.82, 2.24) is 10.2 Å². The van der Waals surface area contributed by atoms with Crippen LogP contribution < -0.4 is 11.1 Å². The maximum absolute atomic E-state index is 14.9.